The summed E-state index contributed by atoms with van der Waals surface area (Å²) in [6.45, 7) is 0. The van der Waals surface area contributed by atoms with E-state index in [0.29, 0.717) is 22.9 Å². The van der Waals surface area contributed by atoms with Crippen LogP contribution in [0.25, 0.3) is 0 Å². The quantitative estimate of drug-likeness (QED) is 0.592. The third-order valence-corrected chi connectivity index (χ3v) is 3.88. The van der Waals surface area contributed by atoms with E-state index < -0.39 is 24.0 Å². The van der Waals surface area contributed by atoms with Gasteiger partial charge in [-0.1, -0.05) is 47.5 Å². The molecule has 0 aliphatic carbocycles. The van der Waals surface area contributed by atoms with Gasteiger partial charge in [-0.2, -0.15) is 0 Å². The number of halogens is 2. The summed E-state index contributed by atoms with van der Waals surface area (Å²) >= 11 is 11.3. The topological polar surface area (TPSA) is 127 Å². The molecule has 2 aromatic carbocycles. The molecule has 0 fully saturated rings. The van der Waals surface area contributed by atoms with Gasteiger partial charge in [-0.15, -0.1) is 0 Å². The summed E-state index contributed by atoms with van der Waals surface area (Å²) in [5, 5.41) is 18.4. The zero-order valence-corrected chi connectivity index (χ0v) is 15.3. The van der Waals surface area contributed by atoms with Crippen molar-refractivity contribution >= 4 is 35.1 Å². The van der Waals surface area contributed by atoms with Gasteiger partial charge in [0.25, 0.3) is 0 Å². The maximum absolute atomic E-state index is 10.4. The normalized spacial score (nSPS) is 12.5. The third kappa shape index (κ3) is 8.31. The Morgan fingerprint density at radius 3 is 1.23 bits per heavy atom. The van der Waals surface area contributed by atoms with E-state index in [9.17, 15) is 9.59 Å². The van der Waals surface area contributed by atoms with Crippen molar-refractivity contribution in [1.82, 2.24) is 0 Å². The first-order valence-corrected chi connectivity index (χ1v) is 8.40. The van der Waals surface area contributed by atoms with Crippen molar-refractivity contribution in [2.75, 3.05) is 0 Å². The molecule has 8 heteroatoms. The van der Waals surface area contributed by atoms with E-state index in [2.05, 4.69) is 0 Å². The minimum Gasteiger partial charge on any atom is -0.480 e. The van der Waals surface area contributed by atoms with E-state index in [1.807, 2.05) is 0 Å². The molecule has 0 radical (unpaired) electrons. The van der Waals surface area contributed by atoms with Crippen molar-refractivity contribution in [3.05, 3.63) is 69.7 Å². The van der Waals surface area contributed by atoms with E-state index in [-0.39, 0.29) is 0 Å². The average Bonchev–Trinajstić information content (AvgIpc) is 2.59. The number of aliphatic carboxylic acids is 2. The van der Waals surface area contributed by atoms with Crippen LogP contribution in [0.1, 0.15) is 11.1 Å². The Hall–Kier alpha value is -2.12. The van der Waals surface area contributed by atoms with Crippen LogP contribution in [-0.2, 0) is 22.4 Å². The van der Waals surface area contributed by atoms with Gasteiger partial charge in [0, 0.05) is 10.0 Å². The summed E-state index contributed by atoms with van der Waals surface area (Å²) in [5.41, 5.74) is 12.5. The molecule has 0 aliphatic rings. The van der Waals surface area contributed by atoms with Crippen molar-refractivity contribution in [3.8, 4) is 0 Å². The zero-order valence-electron chi connectivity index (χ0n) is 13.8. The van der Waals surface area contributed by atoms with Gasteiger partial charge in [-0.05, 0) is 48.2 Å². The smallest absolute Gasteiger partial charge is 0.320 e. The molecule has 140 valence electrons. The molecular weight excluding hydrogens is 379 g/mol. The molecule has 2 rings (SSSR count). The molecule has 0 aromatic heterocycles. The number of hydrogen-bond acceptors (Lipinski definition) is 4. The van der Waals surface area contributed by atoms with E-state index in [1.165, 1.54) is 0 Å². The predicted octanol–water partition coefficient (Wildman–Crippen LogP) is 2.59. The first-order chi connectivity index (χ1) is 12.2. The molecule has 6 nitrogen and oxygen atoms in total. The molecule has 2 aromatic rings. The minimum atomic E-state index is -0.991. The summed E-state index contributed by atoms with van der Waals surface area (Å²) in [6.07, 6.45) is 0.652. The number of rotatable bonds is 6. The summed E-state index contributed by atoms with van der Waals surface area (Å²) in [6, 6.07) is 12.2. The molecule has 0 spiro atoms. The molecule has 0 aliphatic heterocycles. The summed E-state index contributed by atoms with van der Waals surface area (Å²) in [5.74, 6) is -1.98. The zero-order chi connectivity index (χ0) is 19.7. The van der Waals surface area contributed by atoms with Crippen molar-refractivity contribution in [2.24, 2.45) is 11.5 Å². The van der Waals surface area contributed by atoms with Crippen molar-refractivity contribution in [2.45, 2.75) is 24.9 Å². The van der Waals surface area contributed by atoms with Gasteiger partial charge in [0.1, 0.15) is 12.1 Å². The fourth-order valence-electron chi connectivity index (χ4n) is 1.92. The fraction of sp³-hybridized carbons (Fsp3) is 0.222. The van der Waals surface area contributed by atoms with Gasteiger partial charge in [-0.25, -0.2) is 0 Å². The second kappa shape index (κ2) is 10.8. The predicted molar refractivity (Wildman–Crippen MR) is 102 cm³/mol. The SMILES string of the molecule is NC(Cc1ccc(Cl)cc1)C(=O)O.N[C@@H](Cc1ccc(Cl)cc1)C(=O)O. The average molecular weight is 399 g/mol. The van der Waals surface area contributed by atoms with E-state index >= 15 is 0 Å². The van der Waals surface area contributed by atoms with Crippen LogP contribution >= 0.6 is 23.2 Å². The van der Waals surface area contributed by atoms with Crippen LogP contribution < -0.4 is 11.5 Å². The van der Waals surface area contributed by atoms with E-state index in [0.717, 1.165) is 11.1 Å². The van der Waals surface area contributed by atoms with Gasteiger partial charge in [0.2, 0.25) is 0 Å². The summed E-state index contributed by atoms with van der Waals surface area (Å²) in [4.78, 5) is 20.8. The molecule has 2 atom stereocenters. The molecule has 0 heterocycles. The van der Waals surface area contributed by atoms with Crippen LogP contribution in [-0.4, -0.2) is 34.2 Å². The Balaban J connectivity index is 0.000000260. The maximum atomic E-state index is 10.4. The minimum absolute atomic E-state index is 0.326. The Morgan fingerprint density at radius 2 is 1.00 bits per heavy atom. The Kier molecular flexibility index (Phi) is 9.09. The van der Waals surface area contributed by atoms with Crippen LogP contribution in [0.5, 0.6) is 0 Å². The second-order valence-electron chi connectivity index (χ2n) is 5.55. The Morgan fingerprint density at radius 1 is 0.731 bits per heavy atom. The fourth-order valence-corrected chi connectivity index (χ4v) is 2.18. The van der Waals surface area contributed by atoms with Gasteiger partial charge in [-0.3, -0.25) is 9.59 Å². The van der Waals surface area contributed by atoms with Crippen LogP contribution in [0.4, 0.5) is 0 Å². The van der Waals surface area contributed by atoms with Gasteiger partial charge < -0.3 is 21.7 Å². The van der Waals surface area contributed by atoms with Crippen molar-refractivity contribution < 1.29 is 19.8 Å². The number of carboxylic acids is 2. The summed E-state index contributed by atoms with van der Waals surface area (Å²) < 4.78 is 0. The molecule has 6 N–H and O–H groups in total. The standard InChI is InChI=1S/2C9H10ClNO2/c2*10-7-3-1-6(2-4-7)5-8(11)9(12)13/h2*1-4,8H,5,11H2,(H,12,13)/t8-;/m0./s1. The molecule has 0 bridgehead atoms. The van der Waals surface area contributed by atoms with Crippen LogP contribution in [0.2, 0.25) is 10.0 Å². The lowest BCUT2D eigenvalue weighted by atomic mass is 10.1. The van der Waals surface area contributed by atoms with Crippen LogP contribution in [0, 0.1) is 0 Å². The highest BCUT2D eigenvalue weighted by molar-refractivity contribution is 6.30. The lowest BCUT2D eigenvalue weighted by molar-refractivity contribution is -0.139. The highest BCUT2D eigenvalue weighted by Crippen LogP contribution is 2.11. The number of benzene rings is 2. The van der Waals surface area contributed by atoms with E-state index in [4.69, 9.17) is 44.9 Å². The first-order valence-electron chi connectivity index (χ1n) is 7.64. The van der Waals surface area contributed by atoms with Crippen LogP contribution in [0.3, 0.4) is 0 Å². The highest BCUT2D eigenvalue weighted by Gasteiger charge is 2.12. The first kappa shape index (κ1) is 21.9. The largest absolute Gasteiger partial charge is 0.480 e. The Bertz CT molecular complexity index is 657. The summed E-state index contributed by atoms with van der Waals surface area (Å²) in [7, 11) is 0. The van der Waals surface area contributed by atoms with Gasteiger partial charge in [0.05, 0.1) is 0 Å². The number of nitrogens with two attached hydrogens (primary N) is 2. The lowest BCUT2D eigenvalue weighted by Crippen LogP contribution is -2.32. The van der Waals surface area contributed by atoms with Crippen LogP contribution in [0.15, 0.2) is 48.5 Å². The van der Waals surface area contributed by atoms with Gasteiger partial charge >= 0.3 is 11.9 Å². The number of carbonyl (C=O) groups is 2. The van der Waals surface area contributed by atoms with E-state index in [1.54, 1.807) is 48.5 Å². The number of hydrogen-bond donors (Lipinski definition) is 4. The number of carboxylic acid groups (broad SMARTS) is 2. The third-order valence-electron chi connectivity index (χ3n) is 3.37. The monoisotopic (exact) mass is 398 g/mol. The van der Waals surface area contributed by atoms with Crippen molar-refractivity contribution in [1.29, 1.82) is 0 Å². The molecule has 1 unspecified atom stereocenters. The lowest BCUT2D eigenvalue weighted by Gasteiger charge is -2.05. The molecule has 0 amide bonds. The molecule has 0 saturated carbocycles. The molecule has 26 heavy (non-hydrogen) atoms. The molecular formula is C18H20Cl2N2O4. The second-order valence-corrected chi connectivity index (χ2v) is 6.42. The Labute approximate surface area is 161 Å². The van der Waals surface area contributed by atoms with Crippen molar-refractivity contribution in [3.63, 3.8) is 0 Å². The maximum Gasteiger partial charge on any atom is 0.320 e. The molecule has 0 saturated heterocycles. The highest BCUT2D eigenvalue weighted by atomic mass is 35.5. The van der Waals surface area contributed by atoms with Gasteiger partial charge in [0.15, 0.2) is 0 Å².